The monoisotopic (exact) mass is 497 g/mol. The largest absolute Gasteiger partial charge is 0.385 e. The van der Waals surface area contributed by atoms with Crippen LogP contribution in [-0.4, -0.2) is 76.2 Å². The highest BCUT2D eigenvalue weighted by Crippen LogP contribution is 2.18. The smallest absolute Gasteiger partial charge is 0.193 e. The number of methoxy groups -OCH3 is 1. The quantitative estimate of drug-likeness (QED) is 0.217. The Hall–Kier alpha value is -0.120. The van der Waals surface area contributed by atoms with Crippen LogP contribution >= 0.6 is 24.0 Å². The minimum absolute atomic E-state index is 0. The first-order valence-corrected chi connectivity index (χ1v) is 10.6. The number of likely N-dealkylation sites (tertiary alicyclic amines) is 1. The lowest BCUT2D eigenvalue weighted by Crippen LogP contribution is -2.47. The first-order chi connectivity index (χ1) is 12.8. The number of hydrogen-bond acceptors (Lipinski definition) is 4. The van der Waals surface area contributed by atoms with Crippen molar-refractivity contribution in [3.8, 4) is 0 Å². The Bertz CT molecular complexity index is 385. The highest BCUT2D eigenvalue weighted by atomic mass is 127. The molecule has 2 heterocycles. The van der Waals surface area contributed by atoms with Crippen molar-refractivity contribution in [1.29, 1.82) is 0 Å². The average Bonchev–Trinajstić information content (AvgIpc) is 2.69. The van der Waals surface area contributed by atoms with Gasteiger partial charge in [0.25, 0.3) is 0 Å². The summed E-state index contributed by atoms with van der Waals surface area (Å²) in [5.41, 5.74) is 0. The van der Waals surface area contributed by atoms with Crippen molar-refractivity contribution in [3.05, 3.63) is 0 Å². The number of hydrogen-bond donors (Lipinski definition) is 1. The van der Waals surface area contributed by atoms with Crippen molar-refractivity contribution < 1.29 is 14.2 Å². The van der Waals surface area contributed by atoms with Crippen LogP contribution in [0.4, 0.5) is 0 Å². The van der Waals surface area contributed by atoms with E-state index < -0.39 is 0 Å². The number of rotatable bonds is 10. The van der Waals surface area contributed by atoms with Crippen LogP contribution in [0.5, 0.6) is 0 Å². The molecule has 27 heavy (non-hydrogen) atoms. The van der Waals surface area contributed by atoms with E-state index in [1.807, 2.05) is 0 Å². The summed E-state index contributed by atoms with van der Waals surface area (Å²) in [4.78, 5) is 7.19. The van der Waals surface area contributed by atoms with Gasteiger partial charge in [-0.05, 0) is 58.3 Å². The molecule has 2 rings (SSSR count). The lowest BCUT2D eigenvalue weighted by Gasteiger charge is -2.35. The number of nitrogens with one attached hydrogen (secondary N) is 1. The zero-order valence-electron chi connectivity index (χ0n) is 17.3. The molecule has 0 radical (unpaired) electrons. The Balaban J connectivity index is 0.00000364. The van der Waals surface area contributed by atoms with Crippen LogP contribution in [0.3, 0.4) is 0 Å². The van der Waals surface area contributed by atoms with Crippen molar-refractivity contribution >= 4 is 29.9 Å². The predicted octanol–water partition coefficient (Wildman–Crippen LogP) is 3.44. The van der Waals surface area contributed by atoms with E-state index in [9.17, 15) is 0 Å². The van der Waals surface area contributed by atoms with Gasteiger partial charge in [0, 0.05) is 46.5 Å². The highest BCUT2D eigenvalue weighted by molar-refractivity contribution is 14.0. The zero-order valence-corrected chi connectivity index (χ0v) is 19.6. The molecule has 6 nitrogen and oxygen atoms in total. The fraction of sp³-hybridized carbons (Fsp3) is 0.950. The number of unbranched alkanes of at least 4 members (excludes halogenated alkanes) is 2. The number of nitrogens with zero attached hydrogens (tertiary/aromatic N) is 2. The third kappa shape index (κ3) is 10.3. The van der Waals surface area contributed by atoms with Gasteiger partial charge in [0.2, 0.25) is 0 Å². The Labute approximate surface area is 182 Å². The first-order valence-electron chi connectivity index (χ1n) is 10.6. The lowest BCUT2D eigenvalue weighted by molar-refractivity contribution is -0.0721. The molecule has 2 fully saturated rings. The van der Waals surface area contributed by atoms with Gasteiger partial charge in [-0.1, -0.05) is 0 Å². The predicted molar refractivity (Wildman–Crippen MR) is 121 cm³/mol. The molecule has 1 atom stereocenters. The van der Waals surface area contributed by atoms with Crippen LogP contribution in [-0.2, 0) is 14.2 Å². The van der Waals surface area contributed by atoms with Crippen LogP contribution in [0.2, 0.25) is 0 Å². The van der Waals surface area contributed by atoms with Crippen LogP contribution in [0.25, 0.3) is 0 Å². The number of halogens is 1. The molecule has 1 N–H and O–H groups in total. The molecule has 0 amide bonds. The summed E-state index contributed by atoms with van der Waals surface area (Å²) in [5, 5.41) is 3.44. The normalized spacial score (nSPS) is 21.8. The van der Waals surface area contributed by atoms with Gasteiger partial charge in [-0.15, -0.1) is 24.0 Å². The summed E-state index contributed by atoms with van der Waals surface area (Å²) in [6.45, 7) is 8.49. The lowest BCUT2D eigenvalue weighted by atomic mass is 10.1. The summed E-state index contributed by atoms with van der Waals surface area (Å²) < 4.78 is 17.0. The van der Waals surface area contributed by atoms with E-state index in [-0.39, 0.29) is 24.0 Å². The summed E-state index contributed by atoms with van der Waals surface area (Å²) in [5.74, 6) is 1.06. The average molecular weight is 497 g/mol. The van der Waals surface area contributed by atoms with Gasteiger partial charge in [-0.3, -0.25) is 4.99 Å². The second-order valence-corrected chi connectivity index (χ2v) is 7.30. The standard InChI is InChI=1S/C20H39N3O3.HI/c1-3-21-20(22-12-6-4-7-15-24-2)23-13-10-18(11-14-23)26-17-19-9-5-8-16-25-19;/h18-19H,3-17H2,1-2H3,(H,21,22);1H. The van der Waals surface area contributed by atoms with Crippen LogP contribution in [0, 0.1) is 0 Å². The van der Waals surface area contributed by atoms with E-state index in [1.165, 1.54) is 19.3 Å². The SMILES string of the molecule is CCNC(=NCCCCCOC)N1CCC(OCC2CCCCO2)CC1.I. The Morgan fingerprint density at radius 1 is 1.15 bits per heavy atom. The number of guanidine groups is 1. The van der Waals surface area contributed by atoms with Crippen molar-refractivity contribution in [2.24, 2.45) is 4.99 Å². The molecule has 0 aromatic carbocycles. The fourth-order valence-corrected chi connectivity index (χ4v) is 3.56. The van der Waals surface area contributed by atoms with E-state index in [0.717, 1.165) is 84.1 Å². The fourth-order valence-electron chi connectivity index (χ4n) is 3.56. The van der Waals surface area contributed by atoms with E-state index in [1.54, 1.807) is 7.11 Å². The van der Waals surface area contributed by atoms with E-state index >= 15 is 0 Å². The van der Waals surface area contributed by atoms with Gasteiger partial charge in [0.05, 0.1) is 18.8 Å². The second-order valence-electron chi connectivity index (χ2n) is 7.30. The highest BCUT2D eigenvalue weighted by Gasteiger charge is 2.23. The molecule has 0 aromatic heterocycles. The molecule has 2 aliphatic rings. The third-order valence-electron chi connectivity index (χ3n) is 5.14. The molecule has 0 aromatic rings. The van der Waals surface area contributed by atoms with E-state index in [4.69, 9.17) is 19.2 Å². The van der Waals surface area contributed by atoms with E-state index in [2.05, 4.69) is 17.1 Å². The van der Waals surface area contributed by atoms with Gasteiger partial charge in [-0.25, -0.2) is 0 Å². The summed E-state index contributed by atoms with van der Waals surface area (Å²) in [6.07, 6.45) is 9.89. The minimum atomic E-state index is 0. The van der Waals surface area contributed by atoms with Gasteiger partial charge in [0.1, 0.15) is 0 Å². The van der Waals surface area contributed by atoms with Crippen molar-refractivity contribution in [2.45, 2.75) is 70.5 Å². The summed E-state index contributed by atoms with van der Waals surface area (Å²) in [6, 6.07) is 0. The maximum absolute atomic E-state index is 6.12. The van der Waals surface area contributed by atoms with E-state index in [0.29, 0.717) is 12.2 Å². The molecule has 0 bridgehead atoms. The Morgan fingerprint density at radius 3 is 2.63 bits per heavy atom. The molecule has 160 valence electrons. The van der Waals surface area contributed by atoms with Gasteiger partial charge in [0.15, 0.2) is 5.96 Å². The minimum Gasteiger partial charge on any atom is -0.385 e. The maximum atomic E-state index is 6.12. The number of aliphatic imine (C=N–C) groups is 1. The van der Waals surface area contributed by atoms with Crippen LogP contribution in [0.15, 0.2) is 4.99 Å². The van der Waals surface area contributed by atoms with Crippen molar-refractivity contribution in [3.63, 3.8) is 0 Å². The zero-order chi connectivity index (χ0) is 18.5. The third-order valence-corrected chi connectivity index (χ3v) is 5.14. The molecule has 2 saturated heterocycles. The topological polar surface area (TPSA) is 55.3 Å². The molecule has 2 aliphatic heterocycles. The number of piperidine rings is 1. The molecule has 0 aliphatic carbocycles. The molecule has 0 spiro atoms. The van der Waals surface area contributed by atoms with Gasteiger partial charge < -0.3 is 24.4 Å². The molecule has 1 unspecified atom stereocenters. The molecular weight excluding hydrogens is 457 g/mol. The van der Waals surface area contributed by atoms with Gasteiger partial charge in [-0.2, -0.15) is 0 Å². The Kier molecular flexibility index (Phi) is 14.5. The first kappa shape index (κ1) is 24.9. The maximum Gasteiger partial charge on any atom is 0.193 e. The van der Waals surface area contributed by atoms with Crippen LogP contribution < -0.4 is 5.32 Å². The summed E-state index contributed by atoms with van der Waals surface area (Å²) in [7, 11) is 1.76. The molecule has 7 heteroatoms. The van der Waals surface area contributed by atoms with Crippen molar-refractivity contribution in [2.75, 3.05) is 53.1 Å². The second kappa shape index (κ2) is 15.8. The van der Waals surface area contributed by atoms with Gasteiger partial charge >= 0.3 is 0 Å². The summed E-state index contributed by atoms with van der Waals surface area (Å²) >= 11 is 0. The Morgan fingerprint density at radius 2 is 1.96 bits per heavy atom. The molecular formula is C20H40IN3O3. The van der Waals surface area contributed by atoms with Crippen LogP contribution in [0.1, 0.15) is 58.3 Å². The molecule has 0 saturated carbocycles. The van der Waals surface area contributed by atoms with Crippen molar-refractivity contribution in [1.82, 2.24) is 10.2 Å². The number of ether oxygens (including phenoxy) is 3.